The summed E-state index contributed by atoms with van der Waals surface area (Å²) in [5.74, 6) is 3.80. The first-order valence-electron chi connectivity index (χ1n) is 4.89. The zero-order valence-electron chi connectivity index (χ0n) is 7.93. The van der Waals surface area contributed by atoms with Crippen LogP contribution in [0.15, 0.2) is 0 Å². The summed E-state index contributed by atoms with van der Waals surface area (Å²) < 4.78 is 34.0. The van der Waals surface area contributed by atoms with Crippen molar-refractivity contribution in [1.29, 1.82) is 0 Å². The van der Waals surface area contributed by atoms with Crippen LogP contribution in [0.25, 0.3) is 0 Å². The highest BCUT2D eigenvalue weighted by Crippen LogP contribution is 2.55. The zero-order valence-corrected chi connectivity index (χ0v) is 8.74. The summed E-state index contributed by atoms with van der Waals surface area (Å²) in [7, 11) is -2.51. The van der Waals surface area contributed by atoms with E-state index >= 15 is 0 Å². The Labute approximate surface area is 87.0 Å². The molecule has 0 radical (unpaired) electrons. The van der Waals surface area contributed by atoms with Crippen LogP contribution in [0, 0.1) is 11.8 Å². The van der Waals surface area contributed by atoms with Gasteiger partial charge in [-0.1, -0.05) is 0 Å². The van der Waals surface area contributed by atoms with Crippen LogP contribution in [0.2, 0.25) is 0 Å². The molecule has 1 heterocycles. The molecule has 0 aromatic carbocycles. The fourth-order valence-corrected chi connectivity index (χ4v) is 5.38. The summed E-state index contributed by atoms with van der Waals surface area (Å²) in [6.45, 7) is 0. The fourth-order valence-electron chi connectivity index (χ4n) is 3.27. The first-order chi connectivity index (χ1) is 6.99. The van der Waals surface area contributed by atoms with Crippen molar-refractivity contribution >= 4 is 21.9 Å². The average Bonchev–Trinajstić information content (AvgIpc) is 2.67. The lowest BCUT2D eigenvalue weighted by Crippen LogP contribution is -2.36. The van der Waals surface area contributed by atoms with Crippen LogP contribution >= 0.6 is 0 Å². The van der Waals surface area contributed by atoms with Crippen molar-refractivity contribution in [3.05, 3.63) is 0 Å². The van der Waals surface area contributed by atoms with E-state index in [9.17, 15) is 13.4 Å². The Kier molecular flexibility index (Phi) is 1.75. The summed E-state index contributed by atoms with van der Waals surface area (Å²) in [6.07, 6.45) is -1.27. The molecule has 15 heavy (non-hydrogen) atoms. The normalized spacial score (nSPS) is 55.9. The van der Waals surface area contributed by atoms with Crippen molar-refractivity contribution in [1.82, 2.24) is 0 Å². The summed E-state index contributed by atoms with van der Waals surface area (Å²) in [5, 5.41) is -0.0259. The largest absolute Gasteiger partial charge is 0.495 e. The lowest BCUT2D eigenvalue weighted by atomic mass is 9.94. The highest BCUT2D eigenvalue weighted by Gasteiger charge is 2.63. The van der Waals surface area contributed by atoms with Gasteiger partial charge < -0.3 is 4.74 Å². The number of halogens is 1. The minimum atomic E-state index is -2.51. The van der Waals surface area contributed by atoms with E-state index in [0.29, 0.717) is 6.42 Å². The average molecular weight is 234 g/mol. The van der Waals surface area contributed by atoms with Gasteiger partial charge in [0.15, 0.2) is 0 Å². The molecule has 84 valence electrons. The molecule has 0 aromatic rings. The third kappa shape index (κ3) is 1.18. The number of rotatable bonds is 1. The van der Waals surface area contributed by atoms with Gasteiger partial charge in [-0.05, 0) is 18.7 Å². The molecule has 0 amide bonds. The maximum atomic E-state index is 12.2. The van der Waals surface area contributed by atoms with Crippen LogP contribution in [0.1, 0.15) is 12.8 Å². The Morgan fingerprint density at radius 2 is 2.27 bits per heavy atom. The second-order valence-corrected chi connectivity index (χ2v) is 6.60. The van der Waals surface area contributed by atoms with E-state index in [1.807, 2.05) is 0 Å². The molecular formula is C9H11FO4S. The lowest BCUT2D eigenvalue weighted by Gasteiger charge is -2.23. The highest BCUT2D eigenvalue weighted by atomic mass is 32.2. The van der Waals surface area contributed by atoms with E-state index in [1.54, 1.807) is 0 Å². The van der Waals surface area contributed by atoms with Gasteiger partial charge in [0.05, 0.1) is 15.1 Å². The van der Waals surface area contributed by atoms with E-state index in [-0.39, 0.29) is 17.1 Å². The van der Waals surface area contributed by atoms with Gasteiger partial charge in [-0.2, -0.15) is 0 Å². The van der Waals surface area contributed by atoms with Crippen LogP contribution < -0.4 is 0 Å². The van der Waals surface area contributed by atoms with Crippen LogP contribution in [0.3, 0.4) is 0 Å². The predicted molar refractivity (Wildman–Crippen MR) is 51.5 cm³/mol. The van der Waals surface area contributed by atoms with Crippen molar-refractivity contribution in [3.63, 3.8) is 0 Å². The topological polar surface area (TPSA) is 52.6 Å². The minimum Gasteiger partial charge on any atom is -0.434 e. The number of carbonyl (C=O) groups is 1. The highest BCUT2D eigenvalue weighted by molar-refractivity contribution is 7.96. The van der Waals surface area contributed by atoms with Gasteiger partial charge >= 0.3 is 6.22 Å². The second kappa shape index (κ2) is 2.74. The third-order valence-corrected chi connectivity index (χ3v) is 5.77. The van der Waals surface area contributed by atoms with Gasteiger partial charge in [0.2, 0.25) is 0 Å². The maximum absolute atomic E-state index is 12.2. The SMILES string of the molecule is C=S1(=O)OC2C3CC(CC31)C2OC(=O)F. The third-order valence-electron chi connectivity index (χ3n) is 3.76. The molecule has 0 N–H and O–H groups in total. The van der Waals surface area contributed by atoms with Gasteiger partial charge in [0, 0.05) is 11.8 Å². The maximum Gasteiger partial charge on any atom is 0.495 e. The Morgan fingerprint density at radius 1 is 1.53 bits per heavy atom. The molecule has 2 aliphatic carbocycles. The molecule has 2 bridgehead atoms. The number of carbonyl (C=O) groups excluding carboxylic acids is 1. The molecule has 6 unspecified atom stereocenters. The molecule has 1 aliphatic heterocycles. The summed E-state index contributed by atoms with van der Waals surface area (Å²) >= 11 is 0. The van der Waals surface area contributed by atoms with E-state index in [4.69, 9.17) is 4.18 Å². The van der Waals surface area contributed by atoms with E-state index in [1.165, 1.54) is 0 Å². The van der Waals surface area contributed by atoms with Crippen molar-refractivity contribution < 1.29 is 22.3 Å². The molecule has 3 aliphatic rings. The molecule has 4 nitrogen and oxygen atoms in total. The van der Waals surface area contributed by atoms with Gasteiger partial charge in [0.1, 0.15) is 12.2 Å². The Balaban J connectivity index is 1.91. The molecule has 6 heteroatoms. The van der Waals surface area contributed by atoms with Gasteiger partial charge in [0.25, 0.3) is 0 Å². The molecular weight excluding hydrogens is 223 g/mol. The molecule has 0 aromatic heterocycles. The Hall–Kier alpha value is -0.620. The molecule has 1 saturated heterocycles. The first-order valence-corrected chi connectivity index (χ1v) is 6.61. The van der Waals surface area contributed by atoms with E-state index in [2.05, 4.69) is 10.6 Å². The van der Waals surface area contributed by atoms with Crippen molar-refractivity contribution in [2.24, 2.45) is 11.8 Å². The fraction of sp³-hybridized carbons (Fsp3) is 0.778. The summed E-state index contributed by atoms with van der Waals surface area (Å²) in [5.41, 5.74) is 0. The van der Waals surface area contributed by atoms with Crippen molar-refractivity contribution in [2.45, 2.75) is 30.3 Å². The Morgan fingerprint density at radius 3 is 2.93 bits per heavy atom. The van der Waals surface area contributed by atoms with Crippen molar-refractivity contribution in [3.8, 4) is 0 Å². The number of ether oxygens (including phenoxy) is 1. The second-order valence-electron chi connectivity index (χ2n) is 4.48. The predicted octanol–water partition coefficient (Wildman–Crippen LogP) is 0.900. The minimum absolute atomic E-state index is 0.0259. The smallest absolute Gasteiger partial charge is 0.434 e. The monoisotopic (exact) mass is 234 g/mol. The van der Waals surface area contributed by atoms with Crippen molar-refractivity contribution in [2.75, 3.05) is 0 Å². The first kappa shape index (κ1) is 9.59. The van der Waals surface area contributed by atoms with Crippen LogP contribution in [-0.2, 0) is 18.7 Å². The number of hydrogen-bond acceptors (Lipinski definition) is 4. The van der Waals surface area contributed by atoms with Crippen LogP contribution in [0.4, 0.5) is 9.18 Å². The molecule has 3 fully saturated rings. The lowest BCUT2D eigenvalue weighted by molar-refractivity contribution is -0.00447. The van der Waals surface area contributed by atoms with Gasteiger partial charge in [-0.3, -0.25) is 4.18 Å². The van der Waals surface area contributed by atoms with E-state index < -0.39 is 28.2 Å². The summed E-state index contributed by atoms with van der Waals surface area (Å²) in [4.78, 5) is 10.3. The molecule has 3 rings (SSSR count). The zero-order chi connectivity index (χ0) is 10.8. The van der Waals surface area contributed by atoms with Gasteiger partial charge in [-0.25, -0.2) is 9.00 Å². The number of fused-ring (bicyclic) bond motifs is 1. The standard InChI is InChI=1S/C9H11FO4S/c1-15(12)6-3-4-2-5(6)8(14-15)7(4)13-9(10)11/h4-8H,1-3H2. The van der Waals surface area contributed by atoms with Crippen LogP contribution in [-0.4, -0.2) is 33.8 Å². The van der Waals surface area contributed by atoms with E-state index in [0.717, 1.165) is 6.42 Å². The van der Waals surface area contributed by atoms with Crippen LogP contribution in [0.5, 0.6) is 0 Å². The number of hydrogen-bond donors (Lipinski definition) is 0. The Bertz CT molecular complexity index is 418. The molecule has 0 spiro atoms. The summed E-state index contributed by atoms with van der Waals surface area (Å²) in [6, 6.07) is 0. The van der Waals surface area contributed by atoms with Gasteiger partial charge in [-0.15, -0.1) is 4.39 Å². The quantitative estimate of drug-likeness (QED) is 0.499. The molecule has 6 atom stereocenters. The molecule has 2 saturated carbocycles.